The van der Waals surface area contributed by atoms with E-state index in [0.717, 1.165) is 0 Å². The molecule has 0 rings (SSSR count). The molecule has 0 saturated heterocycles. The maximum Gasteiger partial charge on any atom is 1.00 e. The summed E-state index contributed by atoms with van der Waals surface area (Å²) in [7, 11) is -4.84. The normalized spacial score (nSPS) is 10.2. The Morgan fingerprint density at radius 2 is 1.44 bits per heavy atom. The molecule has 0 aromatic heterocycles. The summed E-state index contributed by atoms with van der Waals surface area (Å²) in [6.07, 6.45) is -1.16. The van der Waals surface area contributed by atoms with E-state index in [1.54, 1.807) is 6.92 Å². The summed E-state index contributed by atoms with van der Waals surface area (Å²) in [6, 6.07) is 0. The van der Waals surface area contributed by atoms with E-state index in [1.165, 1.54) is 0 Å². The van der Waals surface area contributed by atoms with Gasteiger partial charge in [-0.1, -0.05) is 0 Å². The number of carbonyl (C=O) groups is 2. The minimum absolute atomic E-state index is 0. The van der Waals surface area contributed by atoms with Crippen LogP contribution in [0.3, 0.4) is 0 Å². The number of rotatable bonds is 4. The van der Waals surface area contributed by atoms with Crippen molar-refractivity contribution in [1.82, 2.24) is 0 Å². The molecule has 0 bridgehead atoms. The van der Waals surface area contributed by atoms with Gasteiger partial charge in [0.25, 0.3) is 10.1 Å². The van der Waals surface area contributed by atoms with Gasteiger partial charge in [0.15, 0.2) is 5.25 Å². The molecular weight excluding hydrogens is 301 g/mol. The van der Waals surface area contributed by atoms with Gasteiger partial charge in [0, 0.05) is 6.61 Å². The first-order valence-corrected chi connectivity index (χ1v) is 5.18. The Balaban J connectivity index is -0.0000000289. The van der Waals surface area contributed by atoms with Gasteiger partial charge in [0.1, 0.15) is 0 Å². The molecule has 12 heteroatoms. The molecule has 0 aliphatic rings. The molecule has 0 spiro atoms. The van der Waals surface area contributed by atoms with E-state index in [4.69, 9.17) is 19.9 Å². The van der Waals surface area contributed by atoms with Crippen LogP contribution in [0.15, 0.2) is 0 Å². The first kappa shape index (κ1) is 32.0. The van der Waals surface area contributed by atoms with E-state index < -0.39 is 33.7 Å². The van der Waals surface area contributed by atoms with Crippen molar-refractivity contribution in [1.29, 1.82) is 0 Å². The summed E-state index contributed by atoms with van der Waals surface area (Å²) in [6.45, 7) is 1.93. The third-order valence-electron chi connectivity index (χ3n) is 0.995. The maximum atomic E-state index is 10.2. The molecular formula is C6H15Na3O8S. The molecule has 0 radical (unpaired) electrons. The molecule has 4 N–H and O–H groups in total. The molecule has 96 valence electrons. The number of aliphatic hydroxyl groups excluding tert-OH is 1. The van der Waals surface area contributed by atoms with Gasteiger partial charge < -0.3 is 19.6 Å². The van der Waals surface area contributed by atoms with Crippen LogP contribution in [-0.4, -0.2) is 52.1 Å². The zero-order valence-corrected chi connectivity index (χ0v) is 17.6. The SMILES string of the molecule is CCO.O=C(O)CC(C(=O)O)S(=O)(=O)O.[H-].[H-].[H-].[Na+].[Na+].[Na+]. The van der Waals surface area contributed by atoms with Crippen LogP contribution in [0, 0.1) is 0 Å². The zero-order valence-electron chi connectivity index (χ0n) is 13.8. The zero-order chi connectivity index (χ0) is 12.6. The summed E-state index contributed by atoms with van der Waals surface area (Å²) < 4.78 is 28.7. The summed E-state index contributed by atoms with van der Waals surface area (Å²) in [4.78, 5) is 20.0. The predicted octanol–water partition coefficient (Wildman–Crippen LogP) is -9.85. The van der Waals surface area contributed by atoms with Gasteiger partial charge in [-0.3, -0.25) is 14.1 Å². The molecule has 1 atom stereocenters. The van der Waals surface area contributed by atoms with Crippen molar-refractivity contribution in [3.8, 4) is 0 Å². The van der Waals surface area contributed by atoms with Crippen LogP contribution in [0.2, 0.25) is 0 Å². The maximum absolute atomic E-state index is 10.2. The van der Waals surface area contributed by atoms with E-state index in [1.807, 2.05) is 0 Å². The van der Waals surface area contributed by atoms with Crippen molar-refractivity contribution in [2.75, 3.05) is 6.61 Å². The largest absolute Gasteiger partial charge is 1.00 e. The summed E-state index contributed by atoms with van der Waals surface area (Å²) >= 11 is 0. The average Bonchev–Trinajstić information content (AvgIpc) is 1.98. The fraction of sp³-hybridized carbons (Fsp3) is 0.667. The fourth-order valence-electron chi connectivity index (χ4n) is 0.479. The van der Waals surface area contributed by atoms with Gasteiger partial charge in [-0.25, -0.2) is 0 Å². The van der Waals surface area contributed by atoms with E-state index >= 15 is 0 Å². The second-order valence-corrected chi connectivity index (χ2v) is 3.85. The molecule has 1 unspecified atom stereocenters. The monoisotopic (exact) mass is 316 g/mol. The predicted molar refractivity (Wildman–Crippen MR) is 51.3 cm³/mol. The van der Waals surface area contributed by atoms with Crippen LogP contribution < -0.4 is 88.7 Å². The second-order valence-electron chi connectivity index (χ2n) is 2.26. The topological polar surface area (TPSA) is 149 Å². The number of carboxylic acids is 2. The fourth-order valence-corrected chi connectivity index (χ4v) is 1.09. The van der Waals surface area contributed by atoms with E-state index in [-0.39, 0.29) is 99.6 Å². The van der Waals surface area contributed by atoms with E-state index in [9.17, 15) is 18.0 Å². The van der Waals surface area contributed by atoms with Gasteiger partial charge >= 0.3 is 101 Å². The Labute approximate surface area is 176 Å². The van der Waals surface area contributed by atoms with Crippen molar-refractivity contribution in [3.63, 3.8) is 0 Å². The average molecular weight is 316 g/mol. The smallest absolute Gasteiger partial charge is 1.00 e. The number of hydrogen-bond acceptors (Lipinski definition) is 5. The first-order chi connectivity index (χ1) is 6.66. The summed E-state index contributed by atoms with van der Waals surface area (Å²) in [5.41, 5.74) is 0. The Hall–Kier alpha value is 1.81. The number of hydrogen-bond donors (Lipinski definition) is 4. The third kappa shape index (κ3) is 20.1. The molecule has 0 aromatic rings. The molecule has 0 saturated carbocycles. The van der Waals surface area contributed by atoms with Crippen LogP contribution in [0.25, 0.3) is 0 Å². The van der Waals surface area contributed by atoms with Crippen LogP contribution in [0.4, 0.5) is 0 Å². The Kier molecular flexibility index (Phi) is 29.9. The van der Waals surface area contributed by atoms with Crippen LogP contribution in [-0.2, 0) is 19.7 Å². The Morgan fingerprint density at radius 1 is 1.17 bits per heavy atom. The van der Waals surface area contributed by atoms with Gasteiger partial charge in [0.2, 0.25) is 0 Å². The minimum Gasteiger partial charge on any atom is -1.00 e. The molecule has 0 amide bonds. The molecule has 0 aromatic carbocycles. The van der Waals surface area contributed by atoms with Crippen molar-refractivity contribution >= 4 is 22.1 Å². The summed E-state index contributed by atoms with van der Waals surface area (Å²) in [5.74, 6) is -3.50. The molecule has 8 nitrogen and oxygen atoms in total. The Bertz CT molecular complexity index is 329. The molecule has 18 heavy (non-hydrogen) atoms. The molecule has 0 aliphatic carbocycles. The van der Waals surface area contributed by atoms with Crippen LogP contribution in [0.1, 0.15) is 17.6 Å². The molecule has 0 aliphatic heterocycles. The number of aliphatic carboxylic acids is 2. The number of carboxylic acid groups (broad SMARTS) is 2. The van der Waals surface area contributed by atoms with E-state index in [0.29, 0.717) is 0 Å². The van der Waals surface area contributed by atoms with Crippen molar-refractivity contribution < 1.29 is 131 Å². The quantitative estimate of drug-likeness (QED) is 0.295. The molecule has 0 heterocycles. The molecule has 0 fully saturated rings. The van der Waals surface area contributed by atoms with Gasteiger partial charge in [-0.2, -0.15) is 8.42 Å². The van der Waals surface area contributed by atoms with Gasteiger partial charge in [-0.15, -0.1) is 0 Å². The Morgan fingerprint density at radius 3 is 1.50 bits per heavy atom. The van der Waals surface area contributed by atoms with Crippen molar-refractivity contribution in [3.05, 3.63) is 0 Å². The van der Waals surface area contributed by atoms with Gasteiger partial charge in [-0.05, 0) is 6.92 Å². The van der Waals surface area contributed by atoms with Gasteiger partial charge in [0.05, 0.1) is 6.42 Å². The minimum atomic E-state index is -4.84. The standard InChI is InChI=1S/C4H6O7S.C2H6O.3Na.3H/c5-3(6)1-2(4(7)8)12(9,10)11;1-2-3;;;;;;/h2H,1H2,(H,5,6)(H,7,8)(H,9,10,11);3H,2H2,1H3;;;;;;/q;;3*+1;3*-1. The third-order valence-corrected chi connectivity index (χ3v) is 2.08. The number of aliphatic hydroxyl groups is 1. The van der Waals surface area contributed by atoms with Crippen molar-refractivity contribution in [2.45, 2.75) is 18.6 Å². The van der Waals surface area contributed by atoms with Crippen LogP contribution in [0.5, 0.6) is 0 Å². The van der Waals surface area contributed by atoms with Crippen LogP contribution >= 0.6 is 0 Å². The second kappa shape index (κ2) is 16.9. The van der Waals surface area contributed by atoms with Crippen molar-refractivity contribution in [2.24, 2.45) is 0 Å². The van der Waals surface area contributed by atoms with E-state index in [2.05, 4.69) is 0 Å². The first-order valence-electron chi connectivity index (χ1n) is 3.68. The summed E-state index contributed by atoms with van der Waals surface area (Å²) in [5, 5.41) is 21.5.